The van der Waals surface area contributed by atoms with Crippen molar-refractivity contribution in [1.29, 1.82) is 0 Å². The Bertz CT molecular complexity index is 866. The third-order valence-electron chi connectivity index (χ3n) is 5.12. The van der Waals surface area contributed by atoms with E-state index in [0.717, 1.165) is 12.0 Å². The van der Waals surface area contributed by atoms with Crippen LogP contribution >= 0.6 is 0 Å². The Kier molecular flexibility index (Phi) is 7.93. The Morgan fingerprint density at radius 1 is 0.967 bits per heavy atom. The van der Waals surface area contributed by atoms with Gasteiger partial charge in [-0.3, -0.25) is 14.4 Å². The smallest absolute Gasteiger partial charge is 0.314 e. The molecule has 2 aromatic carbocycles. The van der Waals surface area contributed by atoms with Gasteiger partial charge in [0.1, 0.15) is 0 Å². The molecular weight excluding hydrogens is 378 g/mol. The van der Waals surface area contributed by atoms with Crippen LogP contribution in [0.5, 0.6) is 0 Å². The highest BCUT2D eigenvalue weighted by Gasteiger charge is 2.28. The second-order valence-corrected chi connectivity index (χ2v) is 8.59. The zero-order chi connectivity index (χ0) is 22.3. The van der Waals surface area contributed by atoms with Gasteiger partial charge in [0, 0.05) is 16.7 Å². The molecule has 0 fully saturated rings. The van der Waals surface area contributed by atoms with Crippen molar-refractivity contribution in [2.45, 2.75) is 47.0 Å². The normalized spacial score (nSPS) is 13.2. The Labute approximate surface area is 178 Å². The number of hydrogen-bond donors (Lipinski definition) is 1. The van der Waals surface area contributed by atoms with E-state index in [1.807, 2.05) is 65.0 Å². The van der Waals surface area contributed by atoms with Gasteiger partial charge < -0.3 is 10.1 Å². The number of esters is 1. The average molecular weight is 410 g/mol. The summed E-state index contributed by atoms with van der Waals surface area (Å²) < 4.78 is 5.38. The first-order valence-corrected chi connectivity index (χ1v) is 10.3. The van der Waals surface area contributed by atoms with E-state index in [1.54, 1.807) is 24.3 Å². The van der Waals surface area contributed by atoms with E-state index in [2.05, 4.69) is 5.32 Å². The highest BCUT2D eigenvalue weighted by Crippen LogP contribution is 2.28. The molecule has 160 valence electrons. The van der Waals surface area contributed by atoms with Crippen molar-refractivity contribution in [2.75, 3.05) is 11.9 Å². The first-order valence-electron chi connectivity index (χ1n) is 10.3. The van der Waals surface area contributed by atoms with Gasteiger partial charge >= 0.3 is 5.97 Å². The minimum atomic E-state index is -0.506. The summed E-state index contributed by atoms with van der Waals surface area (Å²) in [5.74, 6) is -1.09. The fourth-order valence-corrected chi connectivity index (χ4v) is 2.96. The van der Waals surface area contributed by atoms with Crippen LogP contribution in [0.3, 0.4) is 0 Å². The zero-order valence-corrected chi connectivity index (χ0v) is 18.4. The van der Waals surface area contributed by atoms with E-state index in [-0.39, 0.29) is 24.2 Å². The van der Waals surface area contributed by atoms with Gasteiger partial charge in [0.05, 0.1) is 5.92 Å². The molecule has 0 aliphatic heterocycles. The van der Waals surface area contributed by atoms with Gasteiger partial charge in [0.15, 0.2) is 12.4 Å². The molecular formula is C25H31NO4. The average Bonchev–Trinajstić information content (AvgIpc) is 2.72. The van der Waals surface area contributed by atoms with Gasteiger partial charge in [-0.05, 0) is 35.7 Å². The van der Waals surface area contributed by atoms with Gasteiger partial charge in [-0.2, -0.15) is 0 Å². The summed E-state index contributed by atoms with van der Waals surface area (Å²) in [6.07, 6.45) is 0.824. The van der Waals surface area contributed by atoms with Gasteiger partial charge in [-0.15, -0.1) is 0 Å². The lowest BCUT2D eigenvalue weighted by atomic mass is 9.85. The summed E-state index contributed by atoms with van der Waals surface area (Å²) >= 11 is 0. The summed E-state index contributed by atoms with van der Waals surface area (Å²) in [7, 11) is 0. The quantitative estimate of drug-likeness (QED) is 0.479. The topological polar surface area (TPSA) is 72.5 Å². The summed E-state index contributed by atoms with van der Waals surface area (Å²) in [6.45, 7) is 9.21. The molecule has 2 atom stereocenters. The molecule has 0 spiro atoms. The highest BCUT2D eigenvalue weighted by atomic mass is 16.5. The molecule has 0 bridgehead atoms. The van der Waals surface area contributed by atoms with Crippen molar-refractivity contribution >= 4 is 23.3 Å². The monoisotopic (exact) mass is 409 g/mol. The standard InChI is InChI=1S/C25H31NO4/c1-6-17(2)22(19-10-8-7-9-11-19)23(28)30-16-21(27)18-12-14-20(15-13-18)26-24(29)25(3,4)5/h7-15,17,22H,6,16H2,1-5H3,(H,26,29)/t17-,22+/m1/s1. The van der Waals surface area contributed by atoms with Crippen LogP contribution in [0.2, 0.25) is 0 Å². The SMILES string of the molecule is CC[C@@H](C)[C@H](C(=O)OCC(=O)c1ccc(NC(=O)C(C)(C)C)cc1)c1ccccc1. The number of nitrogens with one attached hydrogen (secondary N) is 1. The van der Waals surface area contributed by atoms with Crippen LogP contribution in [0.25, 0.3) is 0 Å². The predicted octanol–water partition coefficient (Wildman–Crippen LogP) is 5.23. The Hall–Kier alpha value is -2.95. The minimum Gasteiger partial charge on any atom is -0.457 e. The van der Waals surface area contributed by atoms with Gasteiger partial charge in [0.25, 0.3) is 0 Å². The van der Waals surface area contributed by atoms with Crippen LogP contribution in [0.15, 0.2) is 54.6 Å². The van der Waals surface area contributed by atoms with Gasteiger partial charge in [-0.25, -0.2) is 0 Å². The number of rotatable bonds is 8. The van der Waals surface area contributed by atoms with Gasteiger partial charge in [-0.1, -0.05) is 71.4 Å². The number of hydrogen-bond acceptors (Lipinski definition) is 4. The Balaban J connectivity index is 2.00. The second kappa shape index (κ2) is 10.2. The molecule has 5 nitrogen and oxygen atoms in total. The third kappa shape index (κ3) is 6.28. The molecule has 1 amide bonds. The first-order chi connectivity index (χ1) is 14.1. The maximum atomic E-state index is 12.7. The highest BCUT2D eigenvalue weighted by molar-refractivity contribution is 5.99. The number of carbonyl (C=O) groups is 3. The Morgan fingerprint density at radius 2 is 1.57 bits per heavy atom. The number of ketones is 1. The summed E-state index contributed by atoms with van der Waals surface area (Å²) in [6, 6.07) is 16.1. The summed E-state index contributed by atoms with van der Waals surface area (Å²) in [5, 5.41) is 2.81. The molecule has 0 saturated carbocycles. The minimum absolute atomic E-state index is 0.0979. The van der Waals surface area contributed by atoms with Crippen molar-refractivity contribution in [3.63, 3.8) is 0 Å². The molecule has 5 heteroatoms. The molecule has 0 saturated heterocycles. The van der Waals surface area contributed by atoms with E-state index in [0.29, 0.717) is 11.3 Å². The van der Waals surface area contributed by atoms with E-state index >= 15 is 0 Å². The molecule has 0 radical (unpaired) electrons. The van der Waals surface area contributed by atoms with Crippen LogP contribution in [0.4, 0.5) is 5.69 Å². The van der Waals surface area contributed by atoms with Crippen LogP contribution in [-0.2, 0) is 14.3 Å². The molecule has 1 N–H and O–H groups in total. The number of anilines is 1. The first kappa shape index (κ1) is 23.3. The molecule has 0 aliphatic carbocycles. The number of ether oxygens (including phenoxy) is 1. The fraction of sp³-hybridized carbons (Fsp3) is 0.400. The van der Waals surface area contributed by atoms with Crippen molar-refractivity contribution in [1.82, 2.24) is 0 Å². The maximum Gasteiger partial charge on any atom is 0.314 e. The van der Waals surface area contributed by atoms with E-state index in [9.17, 15) is 14.4 Å². The molecule has 0 aliphatic rings. The van der Waals surface area contributed by atoms with Crippen LogP contribution in [0, 0.1) is 11.3 Å². The fourth-order valence-electron chi connectivity index (χ4n) is 2.96. The van der Waals surface area contributed by atoms with Gasteiger partial charge in [0.2, 0.25) is 5.91 Å². The summed E-state index contributed by atoms with van der Waals surface area (Å²) in [5.41, 5.74) is 1.43. The Morgan fingerprint density at radius 3 is 2.10 bits per heavy atom. The molecule has 0 aromatic heterocycles. The van der Waals surface area contributed by atoms with Crippen molar-refractivity contribution < 1.29 is 19.1 Å². The third-order valence-corrected chi connectivity index (χ3v) is 5.12. The van der Waals surface area contributed by atoms with E-state index in [4.69, 9.17) is 4.74 Å². The van der Waals surface area contributed by atoms with E-state index < -0.39 is 17.3 Å². The van der Waals surface area contributed by atoms with Crippen LogP contribution < -0.4 is 5.32 Å². The number of benzene rings is 2. The largest absolute Gasteiger partial charge is 0.457 e. The number of carbonyl (C=O) groups excluding carboxylic acids is 3. The maximum absolute atomic E-state index is 12.7. The lowest BCUT2D eigenvalue weighted by molar-refractivity contribution is -0.145. The molecule has 0 heterocycles. The van der Waals surface area contributed by atoms with Crippen molar-refractivity contribution in [3.8, 4) is 0 Å². The molecule has 30 heavy (non-hydrogen) atoms. The zero-order valence-electron chi connectivity index (χ0n) is 18.4. The van der Waals surface area contributed by atoms with Crippen molar-refractivity contribution in [3.05, 3.63) is 65.7 Å². The molecule has 0 unspecified atom stereocenters. The lowest BCUT2D eigenvalue weighted by Gasteiger charge is -2.21. The number of amides is 1. The summed E-state index contributed by atoms with van der Waals surface area (Å²) in [4.78, 5) is 37.3. The number of Topliss-reactive ketones (excluding diaryl/α,β-unsaturated/α-hetero) is 1. The predicted molar refractivity (Wildman–Crippen MR) is 118 cm³/mol. The van der Waals surface area contributed by atoms with Crippen LogP contribution in [-0.4, -0.2) is 24.3 Å². The van der Waals surface area contributed by atoms with Crippen molar-refractivity contribution in [2.24, 2.45) is 11.3 Å². The van der Waals surface area contributed by atoms with Crippen LogP contribution in [0.1, 0.15) is 62.9 Å². The second-order valence-electron chi connectivity index (χ2n) is 8.59. The molecule has 2 aromatic rings. The van der Waals surface area contributed by atoms with E-state index in [1.165, 1.54) is 0 Å². The lowest BCUT2D eigenvalue weighted by Crippen LogP contribution is -2.27. The molecule has 2 rings (SSSR count).